The summed E-state index contributed by atoms with van der Waals surface area (Å²) < 4.78 is 22.2. The third-order valence-corrected chi connectivity index (χ3v) is 2.75. The number of rotatable bonds is 3. The van der Waals surface area contributed by atoms with Crippen molar-refractivity contribution in [2.75, 3.05) is 0 Å². The normalized spacial score (nSPS) is 11.1. The number of aromatic carboxylic acids is 1. The zero-order chi connectivity index (χ0) is 12.5. The summed E-state index contributed by atoms with van der Waals surface area (Å²) >= 11 is 0. The molecule has 0 bridgehead atoms. The van der Waals surface area contributed by atoms with Gasteiger partial charge in [0.15, 0.2) is 0 Å². The van der Waals surface area contributed by atoms with Gasteiger partial charge >= 0.3 is 5.97 Å². The van der Waals surface area contributed by atoms with Crippen molar-refractivity contribution in [1.29, 1.82) is 0 Å². The first-order valence-corrected chi connectivity index (χ1v) is 5.48. The Kier molecular flexibility index (Phi) is 2.97. The number of sulfonamides is 1. The summed E-state index contributed by atoms with van der Waals surface area (Å²) in [6.45, 7) is 0. The van der Waals surface area contributed by atoms with Crippen LogP contribution in [0.15, 0.2) is 23.1 Å². The number of carbonyl (C=O) groups excluding carboxylic acids is 1. The van der Waals surface area contributed by atoms with Crippen molar-refractivity contribution in [3.05, 3.63) is 29.3 Å². The fraction of sp³-hybridized carbons (Fsp3) is 0. The maximum absolute atomic E-state index is 11.1. The highest BCUT2D eigenvalue weighted by molar-refractivity contribution is 7.89. The van der Waals surface area contributed by atoms with Gasteiger partial charge in [-0.1, -0.05) is 0 Å². The van der Waals surface area contributed by atoms with E-state index in [1.54, 1.807) is 0 Å². The Morgan fingerprint density at radius 2 is 1.81 bits per heavy atom. The lowest BCUT2D eigenvalue weighted by atomic mass is 10.1. The zero-order valence-electron chi connectivity index (χ0n) is 7.88. The molecule has 0 atom stereocenters. The molecular weight excluding hydrogens is 236 g/mol. The van der Waals surface area contributed by atoms with Crippen LogP contribution in [0.5, 0.6) is 0 Å². The molecule has 0 aromatic heterocycles. The van der Waals surface area contributed by atoms with Gasteiger partial charge in [-0.05, 0) is 18.2 Å². The first-order valence-electron chi connectivity index (χ1n) is 3.93. The van der Waals surface area contributed by atoms with Gasteiger partial charge in [0.25, 0.3) is 0 Å². The van der Waals surface area contributed by atoms with Gasteiger partial charge in [-0.15, -0.1) is 0 Å². The highest BCUT2D eigenvalue weighted by Gasteiger charge is 2.20. The van der Waals surface area contributed by atoms with Crippen molar-refractivity contribution in [3.63, 3.8) is 0 Å². The van der Waals surface area contributed by atoms with E-state index in [1.807, 2.05) is 0 Å². The van der Waals surface area contributed by atoms with Gasteiger partial charge in [-0.3, -0.25) is 4.79 Å². The van der Waals surface area contributed by atoms with Crippen LogP contribution in [-0.2, 0) is 10.0 Å². The van der Waals surface area contributed by atoms with Crippen LogP contribution >= 0.6 is 0 Å². The van der Waals surface area contributed by atoms with Gasteiger partial charge < -0.3 is 10.8 Å². The summed E-state index contributed by atoms with van der Waals surface area (Å²) in [6.07, 6.45) is 0. The van der Waals surface area contributed by atoms with E-state index in [4.69, 9.17) is 16.0 Å². The van der Waals surface area contributed by atoms with Crippen molar-refractivity contribution in [1.82, 2.24) is 0 Å². The molecule has 1 aromatic rings. The molecule has 0 aliphatic rings. The van der Waals surface area contributed by atoms with E-state index < -0.39 is 32.4 Å². The summed E-state index contributed by atoms with van der Waals surface area (Å²) in [6, 6.07) is 2.91. The molecule has 1 rings (SSSR count). The van der Waals surface area contributed by atoms with Gasteiger partial charge in [0.1, 0.15) is 0 Å². The van der Waals surface area contributed by atoms with Gasteiger partial charge in [0, 0.05) is 5.56 Å². The Labute approximate surface area is 90.7 Å². The monoisotopic (exact) mass is 244 g/mol. The molecule has 16 heavy (non-hydrogen) atoms. The third kappa shape index (κ3) is 2.35. The lowest BCUT2D eigenvalue weighted by Crippen LogP contribution is -2.19. The van der Waals surface area contributed by atoms with Crippen LogP contribution in [0.2, 0.25) is 0 Å². The number of primary amides is 1. The Hall–Kier alpha value is -1.93. The molecule has 86 valence electrons. The highest BCUT2D eigenvalue weighted by Crippen LogP contribution is 2.16. The van der Waals surface area contributed by atoms with Crippen molar-refractivity contribution < 1.29 is 23.1 Å². The SMILES string of the molecule is NC(=O)c1ccc(C(=O)O)c(S(N)(=O)=O)c1. The number of benzene rings is 1. The standard InChI is InChI=1S/C8H8N2O5S/c9-7(11)4-1-2-5(8(12)13)6(3-4)16(10,14)15/h1-3H,(H2,9,11)(H,12,13)(H2,10,14,15). The lowest BCUT2D eigenvalue weighted by molar-refractivity contribution is 0.0692. The molecule has 0 heterocycles. The van der Waals surface area contributed by atoms with Crippen LogP contribution in [0.1, 0.15) is 20.7 Å². The fourth-order valence-electron chi connectivity index (χ4n) is 1.09. The van der Waals surface area contributed by atoms with Crippen LogP contribution in [0, 0.1) is 0 Å². The smallest absolute Gasteiger partial charge is 0.337 e. The molecular formula is C8H8N2O5S. The Morgan fingerprint density at radius 1 is 1.25 bits per heavy atom. The summed E-state index contributed by atoms with van der Waals surface area (Å²) in [5.74, 6) is -2.33. The second kappa shape index (κ2) is 3.91. The topological polar surface area (TPSA) is 141 Å². The second-order valence-corrected chi connectivity index (χ2v) is 4.46. The number of carboxylic acid groups (broad SMARTS) is 1. The van der Waals surface area contributed by atoms with Crippen molar-refractivity contribution in [2.24, 2.45) is 10.9 Å². The average molecular weight is 244 g/mol. The third-order valence-electron chi connectivity index (χ3n) is 1.80. The Balaban J connectivity index is 3.58. The first kappa shape index (κ1) is 12.1. The van der Waals surface area contributed by atoms with Crippen LogP contribution < -0.4 is 10.9 Å². The maximum atomic E-state index is 11.1. The molecule has 0 radical (unpaired) electrons. The first-order chi connectivity index (χ1) is 7.23. The van der Waals surface area contributed by atoms with E-state index in [1.165, 1.54) is 0 Å². The van der Waals surface area contributed by atoms with Gasteiger partial charge in [-0.25, -0.2) is 18.4 Å². The minimum atomic E-state index is -4.22. The average Bonchev–Trinajstić information content (AvgIpc) is 2.15. The van der Waals surface area contributed by atoms with E-state index in [9.17, 15) is 18.0 Å². The highest BCUT2D eigenvalue weighted by atomic mass is 32.2. The van der Waals surface area contributed by atoms with Crippen molar-refractivity contribution in [3.8, 4) is 0 Å². The summed E-state index contributed by atoms with van der Waals surface area (Å²) in [7, 11) is -4.22. The van der Waals surface area contributed by atoms with Crippen molar-refractivity contribution >= 4 is 21.9 Å². The van der Waals surface area contributed by atoms with E-state index in [0.717, 1.165) is 18.2 Å². The number of carbonyl (C=O) groups is 2. The fourth-order valence-corrected chi connectivity index (χ4v) is 1.84. The largest absolute Gasteiger partial charge is 0.478 e. The summed E-state index contributed by atoms with van der Waals surface area (Å²) in [5, 5.41) is 13.5. The predicted octanol–water partition coefficient (Wildman–Crippen LogP) is -0.869. The van der Waals surface area contributed by atoms with E-state index in [2.05, 4.69) is 0 Å². The number of hydrogen-bond donors (Lipinski definition) is 3. The van der Waals surface area contributed by atoms with E-state index in [0.29, 0.717) is 0 Å². The molecule has 0 saturated heterocycles. The van der Waals surface area contributed by atoms with Crippen LogP contribution in [-0.4, -0.2) is 25.4 Å². The number of hydrogen-bond acceptors (Lipinski definition) is 4. The molecule has 5 N–H and O–H groups in total. The Morgan fingerprint density at radius 3 is 2.19 bits per heavy atom. The summed E-state index contributed by atoms with van der Waals surface area (Å²) in [4.78, 5) is 20.9. The number of amides is 1. The van der Waals surface area contributed by atoms with E-state index >= 15 is 0 Å². The quantitative estimate of drug-likeness (QED) is 0.633. The second-order valence-electron chi connectivity index (χ2n) is 2.93. The maximum Gasteiger partial charge on any atom is 0.337 e. The van der Waals surface area contributed by atoms with Gasteiger partial charge in [0.05, 0.1) is 10.5 Å². The molecule has 0 unspecified atom stereocenters. The molecule has 1 aromatic carbocycles. The molecule has 0 saturated carbocycles. The molecule has 8 heteroatoms. The van der Waals surface area contributed by atoms with E-state index in [-0.39, 0.29) is 5.56 Å². The number of carboxylic acids is 1. The van der Waals surface area contributed by atoms with Crippen molar-refractivity contribution in [2.45, 2.75) is 4.90 Å². The molecule has 1 amide bonds. The number of primary sulfonamides is 1. The molecule has 0 spiro atoms. The lowest BCUT2D eigenvalue weighted by Gasteiger charge is -2.04. The van der Waals surface area contributed by atoms with Crippen LogP contribution in [0.25, 0.3) is 0 Å². The van der Waals surface area contributed by atoms with Gasteiger partial charge in [-0.2, -0.15) is 0 Å². The molecule has 0 aliphatic carbocycles. The predicted molar refractivity (Wildman–Crippen MR) is 53.3 cm³/mol. The molecule has 0 fully saturated rings. The molecule has 0 aliphatic heterocycles. The zero-order valence-corrected chi connectivity index (χ0v) is 8.69. The van der Waals surface area contributed by atoms with Gasteiger partial charge in [0.2, 0.25) is 15.9 Å². The minimum Gasteiger partial charge on any atom is -0.478 e. The number of nitrogens with two attached hydrogens (primary N) is 2. The summed E-state index contributed by atoms with van der Waals surface area (Å²) in [5.41, 5.74) is 4.29. The Bertz CT molecular complexity index is 564. The van der Waals surface area contributed by atoms with Crippen LogP contribution in [0.4, 0.5) is 0 Å². The minimum absolute atomic E-state index is 0.131. The van der Waals surface area contributed by atoms with Crippen LogP contribution in [0.3, 0.4) is 0 Å². The molecule has 7 nitrogen and oxygen atoms in total.